The Morgan fingerprint density at radius 3 is 2.71 bits per heavy atom. The van der Waals surface area contributed by atoms with Gasteiger partial charge in [-0.3, -0.25) is 4.79 Å². The molecule has 0 unspecified atom stereocenters. The van der Waals surface area contributed by atoms with Crippen LogP contribution in [0.4, 0.5) is 11.5 Å². The van der Waals surface area contributed by atoms with Gasteiger partial charge >= 0.3 is 0 Å². The van der Waals surface area contributed by atoms with E-state index in [-0.39, 0.29) is 5.91 Å². The topological polar surface area (TPSA) is 77.2 Å². The van der Waals surface area contributed by atoms with Gasteiger partial charge in [0.2, 0.25) is 5.91 Å². The van der Waals surface area contributed by atoms with Crippen molar-refractivity contribution in [2.24, 2.45) is 0 Å². The lowest BCUT2D eigenvalue weighted by molar-refractivity contribution is -0.116. The van der Waals surface area contributed by atoms with E-state index in [1.807, 2.05) is 37.3 Å². The third-order valence-corrected chi connectivity index (χ3v) is 2.94. The number of ether oxygens (including phenoxy) is 1. The second-order valence-electron chi connectivity index (χ2n) is 4.68. The summed E-state index contributed by atoms with van der Waals surface area (Å²) in [4.78, 5) is 15.9. The number of nitrogens with zero attached hydrogens (tertiary/aromatic N) is 1. The normalized spacial score (nSPS) is 10.1. The first kappa shape index (κ1) is 14.8. The molecule has 1 amide bonds. The monoisotopic (exact) mass is 285 g/mol. The van der Waals surface area contributed by atoms with Gasteiger partial charge in [0, 0.05) is 6.42 Å². The Kier molecular flexibility index (Phi) is 5.15. The van der Waals surface area contributed by atoms with Crippen molar-refractivity contribution in [2.75, 3.05) is 17.7 Å². The lowest BCUT2D eigenvalue weighted by atomic mass is 10.2. The molecule has 0 atom stereocenters. The summed E-state index contributed by atoms with van der Waals surface area (Å²) in [6, 6.07) is 13.0. The average Bonchev–Trinajstić information content (AvgIpc) is 2.48. The Morgan fingerprint density at radius 1 is 1.24 bits per heavy atom. The summed E-state index contributed by atoms with van der Waals surface area (Å²) in [6.07, 6.45) is 1.05. The average molecular weight is 285 g/mol. The summed E-state index contributed by atoms with van der Waals surface area (Å²) in [5, 5.41) is 2.82. The highest BCUT2D eigenvalue weighted by Gasteiger charge is 2.06. The number of nitrogens with two attached hydrogens (primary N) is 1. The van der Waals surface area contributed by atoms with Gasteiger partial charge in [-0.25, -0.2) is 4.98 Å². The van der Waals surface area contributed by atoms with E-state index in [4.69, 9.17) is 10.5 Å². The van der Waals surface area contributed by atoms with Crippen LogP contribution >= 0.6 is 0 Å². The van der Waals surface area contributed by atoms with Crippen LogP contribution in [0.5, 0.6) is 5.75 Å². The van der Waals surface area contributed by atoms with Gasteiger partial charge in [-0.2, -0.15) is 0 Å². The number of nitrogens with one attached hydrogen (secondary N) is 1. The second-order valence-corrected chi connectivity index (χ2v) is 4.68. The molecule has 5 nitrogen and oxygen atoms in total. The molecule has 2 rings (SSSR count). The Bertz CT molecular complexity index is 600. The smallest absolute Gasteiger partial charge is 0.224 e. The molecule has 0 saturated carbocycles. The number of hydrogen-bond donors (Lipinski definition) is 2. The maximum atomic E-state index is 11.8. The molecule has 0 bridgehead atoms. The van der Waals surface area contributed by atoms with Crippen LogP contribution in [0.25, 0.3) is 0 Å². The number of pyridine rings is 1. The standard InChI is InChI=1S/C16H19N3O2/c1-12-14(9-10-15(17)18-12)19-16(20)8-5-11-21-13-6-3-2-4-7-13/h2-4,6-7,9-10H,5,8,11H2,1H3,(H2,17,18)(H,19,20). The number of benzene rings is 1. The zero-order chi connectivity index (χ0) is 15.1. The number of para-hydroxylation sites is 1. The van der Waals surface area contributed by atoms with Gasteiger partial charge in [-0.05, 0) is 37.6 Å². The predicted octanol–water partition coefficient (Wildman–Crippen LogP) is 2.77. The van der Waals surface area contributed by atoms with Crippen molar-refractivity contribution in [3.63, 3.8) is 0 Å². The molecule has 0 aliphatic rings. The van der Waals surface area contributed by atoms with Crippen molar-refractivity contribution < 1.29 is 9.53 Å². The second kappa shape index (κ2) is 7.28. The Labute approximate surface area is 124 Å². The summed E-state index contributed by atoms with van der Waals surface area (Å²) in [5.74, 6) is 1.21. The summed E-state index contributed by atoms with van der Waals surface area (Å²) >= 11 is 0. The van der Waals surface area contributed by atoms with Gasteiger partial charge in [0.05, 0.1) is 18.0 Å². The van der Waals surface area contributed by atoms with Crippen LogP contribution in [0.15, 0.2) is 42.5 Å². The minimum atomic E-state index is -0.0543. The minimum Gasteiger partial charge on any atom is -0.494 e. The van der Waals surface area contributed by atoms with Gasteiger partial charge in [-0.15, -0.1) is 0 Å². The van der Waals surface area contributed by atoms with Gasteiger partial charge in [0.15, 0.2) is 0 Å². The minimum absolute atomic E-state index is 0.0543. The highest BCUT2D eigenvalue weighted by Crippen LogP contribution is 2.14. The number of aryl methyl sites for hydroxylation is 1. The Balaban J connectivity index is 1.72. The SMILES string of the molecule is Cc1nc(N)ccc1NC(=O)CCCOc1ccccc1. The Morgan fingerprint density at radius 2 is 2.00 bits per heavy atom. The van der Waals surface area contributed by atoms with Crippen molar-refractivity contribution in [3.05, 3.63) is 48.2 Å². The molecule has 1 heterocycles. The van der Waals surface area contributed by atoms with Crippen molar-refractivity contribution >= 4 is 17.4 Å². The van der Waals surface area contributed by atoms with Crippen molar-refractivity contribution in [1.29, 1.82) is 0 Å². The van der Waals surface area contributed by atoms with Crippen LogP contribution in [0.3, 0.4) is 0 Å². The van der Waals surface area contributed by atoms with Crippen LogP contribution < -0.4 is 15.8 Å². The molecule has 0 saturated heterocycles. The first-order chi connectivity index (χ1) is 10.1. The number of carbonyl (C=O) groups is 1. The van der Waals surface area contributed by atoms with Crippen LogP contribution in [0.1, 0.15) is 18.5 Å². The molecule has 3 N–H and O–H groups in total. The van der Waals surface area contributed by atoms with Crippen LogP contribution in [0.2, 0.25) is 0 Å². The fourth-order valence-corrected chi connectivity index (χ4v) is 1.86. The highest BCUT2D eigenvalue weighted by atomic mass is 16.5. The summed E-state index contributed by atoms with van der Waals surface area (Å²) in [6.45, 7) is 2.32. The molecule has 0 aliphatic carbocycles. The maximum Gasteiger partial charge on any atom is 0.224 e. The van der Waals surface area contributed by atoms with E-state index in [0.717, 1.165) is 5.75 Å². The number of nitrogen functional groups attached to an aromatic ring is 1. The molecular formula is C16H19N3O2. The predicted molar refractivity (Wildman–Crippen MR) is 83.2 cm³/mol. The highest BCUT2D eigenvalue weighted by molar-refractivity contribution is 5.91. The fourth-order valence-electron chi connectivity index (χ4n) is 1.86. The van der Waals surface area contributed by atoms with Gasteiger partial charge < -0.3 is 15.8 Å². The molecule has 0 fully saturated rings. The number of amides is 1. The van der Waals surface area contributed by atoms with Gasteiger partial charge in [-0.1, -0.05) is 18.2 Å². The van der Waals surface area contributed by atoms with E-state index in [0.29, 0.717) is 36.6 Å². The first-order valence-corrected chi connectivity index (χ1v) is 6.86. The third kappa shape index (κ3) is 4.80. The molecule has 0 radical (unpaired) electrons. The van der Waals surface area contributed by atoms with E-state index in [2.05, 4.69) is 10.3 Å². The number of anilines is 2. The van der Waals surface area contributed by atoms with Crippen LogP contribution in [0, 0.1) is 6.92 Å². The van der Waals surface area contributed by atoms with Crippen molar-refractivity contribution in [2.45, 2.75) is 19.8 Å². The number of rotatable bonds is 6. The van der Waals surface area contributed by atoms with Crippen LogP contribution in [-0.4, -0.2) is 17.5 Å². The number of carbonyl (C=O) groups excluding carboxylic acids is 1. The number of aromatic nitrogens is 1. The molecule has 5 heteroatoms. The molecule has 1 aromatic carbocycles. The third-order valence-electron chi connectivity index (χ3n) is 2.94. The van der Waals surface area contributed by atoms with E-state index in [9.17, 15) is 4.79 Å². The largest absolute Gasteiger partial charge is 0.494 e. The molecule has 0 spiro atoms. The van der Waals surface area contributed by atoms with Crippen LogP contribution in [-0.2, 0) is 4.79 Å². The molecule has 21 heavy (non-hydrogen) atoms. The zero-order valence-electron chi connectivity index (χ0n) is 12.0. The molecule has 0 aliphatic heterocycles. The fraction of sp³-hybridized carbons (Fsp3) is 0.250. The summed E-state index contributed by atoms with van der Waals surface area (Å²) in [5.41, 5.74) is 6.98. The zero-order valence-corrected chi connectivity index (χ0v) is 12.0. The Hall–Kier alpha value is -2.56. The van der Waals surface area contributed by atoms with Crippen molar-refractivity contribution in [3.8, 4) is 5.75 Å². The van der Waals surface area contributed by atoms with Crippen molar-refractivity contribution in [1.82, 2.24) is 4.98 Å². The number of hydrogen-bond acceptors (Lipinski definition) is 4. The summed E-state index contributed by atoms with van der Waals surface area (Å²) in [7, 11) is 0. The molecular weight excluding hydrogens is 266 g/mol. The summed E-state index contributed by atoms with van der Waals surface area (Å²) < 4.78 is 5.54. The molecule has 1 aromatic heterocycles. The van der Waals surface area contributed by atoms with E-state index in [1.54, 1.807) is 12.1 Å². The maximum absolute atomic E-state index is 11.8. The first-order valence-electron chi connectivity index (χ1n) is 6.86. The van der Waals surface area contributed by atoms with Gasteiger partial charge in [0.25, 0.3) is 0 Å². The van der Waals surface area contributed by atoms with Gasteiger partial charge in [0.1, 0.15) is 11.6 Å². The molecule has 2 aromatic rings. The van der Waals surface area contributed by atoms with E-state index < -0.39 is 0 Å². The lowest BCUT2D eigenvalue weighted by Gasteiger charge is -2.09. The quantitative estimate of drug-likeness (QED) is 0.800. The lowest BCUT2D eigenvalue weighted by Crippen LogP contribution is -2.14. The molecule has 110 valence electrons. The van der Waals surface area contributed by atoms with E-state index >= 15 is 0 Å². The van der Waals surface area contributed by atoms with E-state index in [1.165, 1.54) is 0 Å².